The normalized spacial score (nSPS) is 20.6. The third-order valence-corrected chi connectivity index (χ3v) is 8.14. The molecule has 2 N–H and O–H groups in total. The monoisotopic (exact) mass is 587 g/mol. The molecular weight excluding hydrogens is 529 g/mol. The molecule has 10 heteroatoms. The molecule has 1 aromatic heterocycles. The number of hydrogen-bond donors (Lipinski definition) is 1. The summed E-state index contributed by atoms with van der Waals surface area (Å²) >= 11 is 0. The molecule has 0 amide bonds. The van der Waals surface area contributed by atoms with E-state index in [1.807, 2.05) is 20.8 Å². The fraction of sp³-hybridized carbons (Fsp3) is 0.867. The van der Waals surface area contributed by atoms with Crippen LogP contribution in [0.2, 0.25) is 0 Å². The molecule has 1 aliphatic heterocycles. The summed E-state index contributed by atoms with van der Waals surface area (Å²) in [6.07, 6.45) is 18.7. The summed E-state index contributed by atoms with van der Waals surface area (Å²) in [6, 6.07) is 1.59. The van der Waals surface area contributed by atoms with Gasteiger partial charge in [-0.3, -0.25) is 4.57 Å². The first-order valence-electron chi connectivity index (χ1n) is 15.7. The third kappa shape index (κ3) is 13.7. The quantitative estimate of drug-likeness (QED) is 0.108. The van der Waals surface area contributed by atoms with E-state index < -0.39 is 32.7 Å². The first kappa shape index (κ1) is 36.9. The van der Waals surface area contributed by atoms with Crippen LogP contribution in [0.4, 0.5) is 5.82 Å². The maximum Gasteiger partial charge on any atom is 0.351 e. The summed E-state index contributed by atoms with van der Waals surface area (Å²) in [6.45, 7) is 8.85. The number of anilines is 1. The van der Waals surface area contributed by atoms with Crippen LogP contribution in [0.1, 0.15) is 130 Å². The maximum atomic E-state index is 12.6. The van der Waals surface area contributed by atoms with Gasteiger partial charge in [0.25, 0.3) is 0 Å². The summed E-state index contributed by atoms with van der Waals surface area (Å²) in [5.74, 6) is 0.172. The second-order valence-corrected chi connectivity index (χ2v) is 11.5. The number of aromatic nitrogens is 2. The van der Waals surface area contributed by atoms with Crippen LogP contribution < -0.4 is 11.4 Å². The summed E-state index contributed by atoms with van der Waals surface area (Å²) in [4.78, 5) is 16.4. The average molecular weight is 588 g/mol. The lowest BCUT2D eigenvalue weighted by molar-refractivity contribution is -0.0704. The van der Waals surface area contributed by atoms with Gasteiger partial charge in [-0.2, -0.15) is 4.98 Å². The van der Waals surface area contributed by atoms with Gasteiger partial charge in [-0.05, 0) is 18.9 Å². The predicted molar refractivity (Wildman–Crippen MR) is 164 cm³/mol. The molecule has 0 radical (unpaired) electrons. The van der Waals surface area contributed by atoms with E-state index in [1.165, 1.54) is 81.6 Å². The predicted octanol–water partition coefficient (Wildman–Crippen LogP) is 7.93. The molecule has 9 nitrogen and oxygen atoms in total. The molecule has 0 bridgehead atoms. The van der Waals surface area contributed by atoms with Crippen molar-refractivity contribution in [1.82, 2.24) is 9.55 Å². The van der Waals surface area contributed by atoms with Gasteiger partial charge in [0.1, 0.15) is 18.0 Å². The zero-order chi connectivity index (χ0) is 29.6. The van der Waals surface area contributed by atoms with Crippen molar-refractivity contribution in [2.24, 2.45) is 0 Å². The minimum Gasteiger partial charge on any atom is -0.383 e. The molecule has 0 aliphatic carbocycles. The molecule has 0 aromatic carbocycles. The van der Waals surface area contributed by atoms with E-state index in [0.29, 0.717) is 13.0 Å². The molecular formula is C30H58N3O6P. The fourth-order valence-electron chi connectivity index (χ4n) is 4.96. The smallest absolute Gasteiger partial charge is 0.351 e. The van der Waals surface area contributed by atoms with Gasteiger partial charge < -0.3 is 28.8 Å². The largest absolute Gasteiger partial charge is 0.383 e. The first-order chi connectivity index (χ1) is 19.5. The summed E-state index contributed by atoms with van der Waals surface area (Å²) in [5, 5.41) is 0. The molecule has 4 unspecified atom stereocenters. The Morgan fingerprint density at radius 3 is 1.88 bits per heavy atom. The lowest BCUT2D eigenvalue weighted by atomic mass is 10.0. The molecule has 4 atom stereocenters. The van der Waals surface area contributed by atoms with Gasteiger partial charge in [-0.1, -0.05) is 111 Å². The molecule has 234 valence electrons. The van der Waals surface area contributed by atoms with Crippen LogP contribution in [0, 0.1) is 0 Å². The van der Waals surface area contributed by atoms with Gasteiger partial charge in [0, 0.05) is 27.0 Å². The van der Waals surface area contributed by atoms with Crippen molar-refractivity contribution in [1.29, 1.82) is 0 Å². The number of nitrogens with two attached hydrogens (primary N) is 1. The van der Waals surface area contributed by atoms with Crippen LogP contribution in [0.15, 0.2) is 17.1 Å². The minimum absolute atomic E-state index is 0.172. The van der Waals surface area contributed by atoms with Gasteiger partial charge in [-0.15, -0.1) is 0 Å². The Morgan fingerprint density at radius 2 is 1.40 bits per heavy atom. The Kier molecular flexibility index (Phi) is 21.7. The van der Waals surface area contributed by atoms with E-state index in [1.54, 1.807) is 26.5 Å². The van der Waals surface area contributed by atoms with Gasteiger partial charge in [0.2, 0.25) is 0 Å². The highest BCUT2D eigenvalue weighted by Crippen LogP contribution is 2.45. The Hall–Kier alpha value is -1.09. The Balaban J connectivity index is 0.00000391. The fourth-order valence-corrected chi connectivity index (χ4v) is 5.74. The zero-order valence-electron chi connectivity index (χ0n) is 26.1. The second kappa shape index (κ2) is 23.5. The zero-order valence-corrected chi connectivity index (χ0v) is 27.0. The van der Waals surface area contributed by atoms with Gasteiger partial charge in [0.05, 0.1) is 6.10 Å². The Labute approximate surface area is 244 Å². The minimum atomic E-state index is -1.55. The number of ether oxygens (including phenoxy) is 2. The molecule has 0 spiro atoms. The summed E-state index contributed by atoms with van der Waals surface area (Å²) < 4.78 is 30.8. The van der Waals surface area contributed by atoms with E-state index in [0.717, 1.165) is 12.8 Å². The van der Waals surface area contributed by atoms with Crippen molar-refractivity contribution >= 4 is 14.4 Å². The number of nitrogens with zero attached hydrogens (tertiary/aromatic N) is 2. The van der Waals surface area contributed by atoms with Gasteiger partial charge in [0.15, 0.2) is 6.23 Å². The van der Waals surface area contributed by atoms with E-state index in [4.69, 9.17) is 28.8 Å². The van der Waals surface area contributed by atoms with Crippen molar-refractivity contribution < 1.29 is 23.0 Å². The Bertz CT molecular complexity index is 795. The number of hydrogen-bond acceptors (Lipinski definition) is 8. The van der Waals surface area contributed by atoms with Crippen molar-refractivity contribution in [3.63, 3.8) is 0 Å². The van der Waals surface area contributed by atoms with Crippen molar-refractivity contribution in [3.05, 3.63) is 22.7 Å². The van der Waals surface area contributed by atoms with E-state index in [2.05, 4.69) is 11.9 Å². The van der Waals surface area contributed by atoms with Gasteiger partial charge >= 0.3 is 14.3 Å². The van der Waals surface area contributed by atoms with E-state index >= 15 is 0 Å². The lowest BCUT2D eigenvalue weighted by Crippen LogP contribution is -2.38. The van der Waals surface area contributed by atoms with Crippen LogP contribution in [0.5, 0.6) is 0 Å². The average Bonchev–Trinajstić information content (AvgIpc) is 3.31. The number of rotatable bonds is 22. The van der Waals surface area contributed by atoms with Crippen LogP contribution in [0.3, 0.4) is 0 Å². The molecule has 1 aromatic rings. The van der Waals surface area contributed by atoms with E-state index in [-0.39, 0.29) is 11.9 Å². The Morgan fingerprint density at radius 1 is 0.875 bits per heavy atom. The second-order valence-electron chi connectivity index (χ2n) is 10.1. The van der Waals surface area contributed by atoms with Crippen LogP contribution in [0.25, 0.3) is 0 Å². The van der Waals surface area contributed by atoms with Crippen molar-refractivity contribution in [3.8, 4) is 0 Å². The topological polar surface area (TPSA) is 107 Å². The maximum absolute atomic E-state index is 12.6. The molecule has 1 saturated heterocycles. The lowest BCUT2D eigenvalue weighted by Gasteiger charge is -2.26. The van der Waals surface area contributed by atoms with Crippen molar-refractivity contribution in [2.75, 3.05) is 26.6 Å². The highest BCUT2D eigenvalue weighted by molar-refractivity contribution is 7.41. The van der Waals surface area contributed by atoms with Crippen molar-refractivity contribution in [2.45, 2.75) is 149 Å². The highest BCUT2D eigenvalue weighted by Gasteiger charge is 2.48. The summed E-state index contributed by atoms with van der Waals surface area (Å²) in [7, 11) is 1.54. The van der Waals surface area contributed by atoms with Gasteiger partial charge in [-0.25, -0.2) is 4.79 Å². The number of nitrogen functional groups attached to an aromatic ring is 1. The molecule has 40 heavy (non-hydrogen) atoms. The van der Waals surface area contributed by atoms with Crippen LogP contribution in [-0.4, -0.2) is 48.7 Å². The SMILES string of the molecule is CC.CCCCCCCCCCCCCCCCOC1C(OP(OC)OC)C(CC)OC1n1ccc(N)nc1=O. The molecule has 2 heterocycles. The molecule has 1 aliphatic rings. The van der Waals surface area contributed by atoms with Crippen LogP contribution in [-0.2, 0) is 23.0 Å². The standard InChI is InChI=1S/C28H52N3O6P.C2H6/c1-5-7-8-9-10-11-12-13-14-15-16-17-18-19-22-35-26-25(37-38(33-3)34-4)23(6-2)36-27(26)31-21-20-24(29)30-28(31)32;1-2/h20-21,23,25-27H,5-19,22H2,1-4H3,(H2,29,30,32);1-2H3. The molecule has 1 fully saturated rings. The summed E-state index contributed by atoms with van der Waals surface area (Å²) in [5.41, 5.74) is 5.21. The highest BCUT2D eigenvalue weighted by atomic mass is 31.2. The number of unbranched alkanes of at least 4 members (excludes halogenated alkanes) is 13. The van der Waals surface area contributed by atoms with Crippen LogP contribution >= 0.6 is 8.60 Å². The first-order valence-corrected chi connectivity index (χ1v) is 16.8. The molecule has 2 rings (SSSR count). The van der Waals surface area contributed by atoms with E-state index in [9.17, 15) is 4.79 Å². The molecule has 0 saturated carbocycles. The third-order valence-electron chi connectivity index (χ3n) is 7.13.